The zero-order valence-corrected chi connectivity index (χ0v) is 16.1. The molecule has 142 valence electrons. The van der Waals surface area contributed by atoms with E-state index in [9.17, 15) is 9.59 Å². The third kappa shape index (κ3) is 2.96. The van der Waals surface area contributed by atoms with E-state index in [2.05, 4.69) is 15.3 Å². The van der Waals surface area contributed by atoms with Gasteiger partial charge < -0.3 is 5.32 Å². The van der Waals surface area contributed by atoms with Gasteiger partial charge in [-0.15, -0.1) is 11.3 Å². The second-order valence-corrected chi connectivity index (χ2v) is 8.74. The summed E-state index contributed by atoms with van der Waals surface area (Å²) in [6.45, 7) is -0.0178. The van der Waals surface area contributed by atoms with Gasteiger partial charge in [-0.2, -0.15) is 4.98 Å². The fourth-order valence-corrected chi connectivity index (χ4v) is 5.70. The molecule has 27 heavy (non-hydrogen) atoms. The van der Waals surface area contributed by atoms with Crippen LogP contribution >= 0.6 is 11.3 Å². The minimum Gasteiger partial charge on any atom is -0.352 e. The molecule has 0 aliphatic heterocycles. The number of nitrogens with one attached hydrogen (secondary N) is 1. The molecule has 0 saturated heterocycles. The number of hydrogen-bond acceptors (Lipinski definition) is 5. The first-order valence-corrected chi connectivity index (χ1v) is 10.7. The molecule has 0 atom stereocenters. The van der Waals surface area contributed by atoms with Crippen molar-refractivity contribution in [3.05, 3.63) is 27.3 Å². The molecule has 1 N–H and O–H groups in total. The van der Waals surface area contributed by atoms with E-state index in [-0.39, 0.29) is 24.2 Å². The van der Waals surface area contributed by atoms with Gasteiger partial charge in [0.2, 0.25) is 5.91 Å². The Morgan fingerprint density at radius 2 is 2.00 bits per heavy atom. The maximum atomic E-state index is 12.5. The van der Waals surface area contributed by atoms with Crippen LogP contribution in [0.2, 0.25) is 0 Å². The SMILES string of the molecule is O=C(Cn1c(=O)nc2c3c4c(sc3ncn21)CCCC4)NC1CCCCC1. The normalized spacial score (nSPS) is 18.1. The number of aromatic nitrogens is 4. The number of fused-ring (bicyclic) bond motifs is 5. The third-order valence-corrected chi connectivity index (χ3v) is 7.02. The molecule has 0 spiro atoms. The summed E-state index contributed by atoms with van der Waals surface area (Å²) in [5.74, 6) is -0.127. The van der Waals surface area contributed by atoms with Crippen LogP contribution in [-0.4, -0.2) is 31.1 Å². The highest BCUT2D eigenvalue weighted by molar-refractivity contribution is 7.19. The molecule has 7 nitrogen and oxygen atoms in total. The van der Waals surface area contributed by atoms with Gasteiger partial charge in [0.05, 0.1) is 5.39 Å². The largest absolute Gasteiger partial charge is 0.365 e. The number of carbonyl (C=O) groups excluding carboxylic acids is 1. The lowest BCUT2D eigenvalue weighted by Crippen LogP contribution is -2.40. The second kappa shape index (κ2) is 6.74. The summed E-state index contributed by atoms with van der Waals surface area (Å²) < 4.78 is 3.06. The Hall–Kier alpha value is -2.22. The molecule has 1 saturated carbocycles. The fraction of sp³-hybridized carbons (Fsp3) is 0.579. The quantitative estimate of drug-likeness (QED) is 0.751. The summed E-state index contributed by atoms with van der Waals surface area (Å²) >= 11 is 1.71. The van der Waals surface area contributed by atoms with Gasteiger partial charge in [0, 0.05) is 10.9 Å². The number of aryl methyl sites for hydroxylation is 2. The Labute approximate surface area is 160 Å². The van der Waals surface area contributed by atoms with Gasteiger partial charge in [0.1, 0.15) is 17.7 Å². The van der Waals surface area contributed by atoms with Gasteiger partial charge >= 0.3 is 5.69 Å². The summed E-state index contributed by atoms with van der Waals surface area (Å²) in [4.78, 5) is 36.2. The number of hydrogen-bond donors (Lipinski definition) is 1. The van der Waals surface area contributed by atoms with E-state index in [4.69, 9.17) is 0 Å². The number of carbonyl (C=O) groups is 1. The van der Waals surface area contributed by atoms with E-state index in [0.717, 1.165) is 55.2 Å². The average Bonchev–Trinajstić information content (AvgIpc) is 3.20. The maximum Gasteiger partial charge on any atom is 0.365 e. The van der Waals surface area contributed by atoms with Crippen LogP contribution in [0, 0.1) is 0 Å². The number of thiophene rings is 1. The summed E-state index contributed by atoms with van der Waals surface area (Å²) in [6.07, 6.45) is 11.7. The van der Waals surface area contributed by atoms with Crippen LogP contribution in [0.5, 0.6) is 0 Å². The molecular weight excluding hydrogens is 362 g/mol. The first kappa shape index (κ1) is 16.9. The lowest BCUT2D eigenvalue weighted by atomic mass is 9.95. The van der Waals surface area contributed by atoms with E-state index in [1.54, 1.807) is 22.2 Å². The van der Waals surface area contributed by atoms with Crippen LogP contribution < -0.4 is 11.0 Å². The molecular formula is C19H23N5O2S. The third-order valence-electron chi connectivity index (χ3n) is 5.82. The van der Waals surface area contributed by atoms with Crippen molar-refractivity contribution in [2.24, 2.45) is 0 Å². The van der Waals surface area contributed by atoms with E-state index in [0.29, 0.717) is 5.65 Å². The van der Waals surface area contributed by atoms with E-state index >= 15 is 0 Å². The molecule has 0 aromatic carbocycles. The Morgan fingerprint density at radius 1 is 1.19 bits per heavy atom. The molecule has 1 amide bonds. The molecule has 0 radical (unpaired) electrons. The first-order chi connectivity index (χ1) is 13.2. The molecule has 2 aliphatic carbocycles. The van der Waals surface area contributed by atoms with Crippen molar-refractivity contribution in [3.8, 4) is 0 Å². The highest BCUT2D eigenvalue weighted by atomic mass is 32.1. The number of nitrogens with zero attached hydrogens (tertiary/aromatic N) is 4. The Morgan fingerprint density at radius 3 is 2.85 bits per heavy atom. The highest BCUT2D eigenvalue weighted by Crippen LogP contribution is 2.36. The van der Waals surface area contributed by atoms with Crippen LogP contribution in [0.25, 0.3) is 15.9 Å². The van der Waals surface area contributed by atoms with Gasteiger partial charge in [0.25, 0.3) is 0 Å². The number of rotatable bonds is 3. The molecule has 3 heterocycles. The molecule has 1 fully saturated rings. The van der Waals surface area contributed by atoms with Crippen LogP contribution in [0.1, 0.15) is 55.4 Å². The second-order valence-electron chi connectivity index (χ2n) is 7.66. The van der Waals surface area contributed by atoms with E-state index in [1.807, 2.05) is 0 Å². The van der Waals surface area contributed by atoms with Crippen molar-refractivity contribution in [2.75, 3.05) is 0 Å². The molecule has 2 aliphatic rings. The molecule has 8 heteroatoms. The van der Waals surface area contributed by atoms with E-state index in [1.165, 1.54) is 28.0 Å². The lowest BCUT2D eigenvalue weighted by molar-refractivity contribution is -0.122. The van der Waals surface area contributed by atoms with Crippen molar-refractivity contribution in [3.63, 3.8) is 0 Å². The van der Waals surface area contributed by atoms with Crippen LogP contribution in [0.4, 0.5) is 0 Å². The monoisotopic (exact) mass is 385 g/mol. The van der Waals surface area contributed by atoms with Crippen molar-refractivity contribution in [1.29, 1.82) is 0 Å². The highest BCUT2D eigenvalue weighted by Gasteiger charge is 2.22. The van der Waals surface area contributed by atoms with Crippen LogP contribution in [-0.2, 0) is 24.2 Å². The predicted octanol–water partition coefficient (Wildman–Crippen LogP) is 2.43. The first-order valence-electron chi connectivity index (χ1n) is 9.88. The smallest absolute Gasteiger partial charge is 0.352 e. The van der Waals surface area contributed by atoms with Crippen molar-refractivity contribution >= 4 is 33.1 Å². The minimum absolute atomic E-state index is 0.0178. The molecule has 0 bridgehead atoms. The summed E-state index contributed by atoms with van der Waals surface area (Å²) in [7, 11) is 0. The zero-order chi connectivity index (χ0) is 18.4. The van der Waals surface area contributed by atoms with Crippen LogP contribution in [0.3, 0.4) is 0 Å². The van der Waals surface area contributed by atoms with Crippen molar-refractivity contribution in [1.82, 2.24) is 24.5 Å². The van der Waals surface area contributed by atoms with Gasteiger partial charge in [0.15, 0.2) is 5.65 Å². The van der Waals surface area contributed by atoms with Crippen molar-refractivity contribution in [2.45, 2.75) is 70.4 Å². The standard InChI is InChI=1S/C19H23N5O2S/c25-15(21-12-6-2-1-3-7-12)10-23-19(26)22-17-16-13-8-4-5-9-14(13)27-18(16)20-11-24(17)23/h11-12H,1-10H2,(H,21,25). The van der Waals surface area contributed by atoms with Gasteiger partial charge in [-0.05, 0) is 44.1 Å². The fourth-order valence-electron chi connectivity index (χ4n) is 4.47. The number of amides is 1. The van der Waals surface area contributed by atoms with Crippen molar-refractivity contribution < 1.29 is 4.79 Å². The Balaban J connectivity index is 1.50. The molecule has 0 unspecified atom stereocenters. The van der Waals surface area contributed by atoms with Crippen LogP contribution in [0.15, 0.2) is 11.1 Å². The molecule has 5 rings (SSSR count). The lowest BCUT2D eigenvalue weighted by Gasteiger charge is -2.22. The van der Waals surface area contributed by atoms with E-state index < -0.39 is 0 Å². The Kier molecular flexibility index (Phi) is 4.22. The summed E-state index contributed by atoms with van der Waals surface area (Å²) in [6, 6.07) is 0.231. The zero-order valence-electron chi connectivity index (χ0n) is 15.2. The Bertz CT molecular complexity index is 1070. The molecule has 3 aromatic rings. The van der Waals surface area contributed by atoms with Gasteiger partial charge in [-0.25, -0.2) is 19.0 Å². The predicted molar refractivity (Wildman–Crippen MR) is 104 cm³/mol. The topological polar surface area (TPSA) is 81.3 Å². The molecule has 3 aromatic heterocycles. The summed E-state index contributed by atoms with van der Waals surface area (Å²) in [5.41, 5.74) is 1.54. The summed E-state index contributed by atoms with van der Waals surface area (Å²) in [5, 5.41) is 4.07. The minimum atomic E-state index is -0.390. The van der Waals surface area contributed by atoms with Gasteiger partial charge in [-0.1, -0.05) is 19.3 Å². The average molecular weight is 385 g/mol. The maximum absolute atomic E-state index is 12.5. The van der Waals surface area contributed by atoms with Gasteiger partial charge in [-0.3, -0.25) is 4.79 Å².